The first-order valence-corrected chi connectivity index (χ1v) is 3.91. The molecule has 0 aliphatic heterocycles. The first-order chi connectivity index (χ1) is 5.43. The van der Waals surface area contributed by atoms with E-state index in [0.29, 0.717) is 0 Å². The van der Waals surface area contributed by atoms with Crippen molar-refractivity contribution in [2.45, 2.75) is 39.8 Å². The quantitative estimate of drug-likeness (QED) is 0.695. The molecule has 0 fully saturated rings. The fraction of sp³-hybridized carbons (Fsp3) is 0.750. The molecule has 70 valence electrons. The van der Waals surface area contributed by atoms with E-state index in [4.69, 9.17) is 4.74 Å². The number of ketones is 1. The van der Waals surface area contributed by atoms with Crippen LogP contribution in [0.2, 0.25) is 0 Å². The first kappa shape index (κ1) is 10.9. The van der Waals surface area contributed by atoms with Gasteiger partial charge in [-0.3, -0.25) is 4.79 Å². The van der Waals surface area contributed by atoms with Crippen LogP contribution in [-0.2, 0) is 9.53 Å². The number of carbonyl (C=O) groups is 2. The predicted molar refractivity (Wildman–Crippen MR) is 44.9 cm³/mol. The summed E-state index contributed by atoms with van der Waals surface area (Å²) in [5.74, 6) is -0.0873. The maximum Gasteiger partial charge on any atom is 0.407 e. The van der Waals surface area contributed by atoms with Crippen molar-refractivity contribution in [3.8, 4) is 0 Å². The van der Waals surface area contributed by atoms with E-state index in [0.717, 1.165) is 0 Å². The number of amides is 1. The minimum absolute atomic E-state index is 0.0873. The normalized spacial score (nSPS) is 12.4. The molecule has 0 radical (unpaired) electrons. The summed E-state index contributed by atoms with van der Waals surface area (Å²) in [5.41, 5.74) is 0. The van der Waals surface area contributed by atoms with Gasteiger partial charge in [0, 0.05) is 0 Å². The number of hydrogen-bond donors (Lipinski definition) is 1. The molecule has 0 saturated carbocycles. The van der Waals surface area contributed by atoms with E-state index in [1.807, 2.05) is 0 Å². The van der Waals surface area contributed by atoms with Gasteiger partial charge in [-0.05, 0) is 27.7 Å². The standard InChI is InChI=1S/C8H15NO3/c1-5(2)12-8(11)9-6(3)7(4)10/h5-6H,1-4H3,(H,9,11). The lowest BCUT2D eigenvalue weighted by atomic mass is 10.2. The van der Waals surface area contributed by atoms with E-state index >= 15 is 0 Å². The van der Waals surface area contributed by atoms with E-state index in [-0.39, 0.29) is 11.9 Å². The topological polar surface area (TPSA) is 55.4 Å². The number of Topliss-reactive ketones (excluding diaryl/α,β-unsaturated/α-hetero) is 1. The third kappa shape index (κ3) is 4.71. The van der Waals surface area contributed by atoms with E-state index in [1.165, 1.54) is 6.92 Å². The molecule has 0 aliphatic rings. The van der Waals surface area contributed by atoms with E-state index in [2.05, 4.69) is 5.32 Å². The molecule has 12 heavy (non-hydrogen) atoms. The zero-order valence-electron chi connectivity index (χ0n) is 7.88. The summed E-state index contributed by atoms with van der Waals surface area (Å²) in [6.45, 7) is 6.53. The Morgan fingerprint density at radius 3 is 2.08 bits per heavy atom. The molecule has 4 nitrogen and oxygen atoms in total. The smallest absolute Gasteiger partial charge is 0.407 e. The second-order valence-corrected chi connectivity index (χ2v) is 2.93. The van der Waals surface area contributed by atoms with Gasteiger partial charge in [-0.15, -0.1) is 0 Å². The minimum Gasteiger partial charge on any atom is -0.447 e. The van der Waals surface area contributed by atoms with E-state index in [1.54, 1.807) is 20.8 Å². The Balaban J connectivity index is 3.77. The molecule has 1 N–H and O–H groups in total. The zero-order chi connectivity index (χ0) is 9.72. The highest BCUT2D eigenvalue weighted by atomic mass is 16.6. The maximum atomic E-state index is 10.9. The van der Waals surface area contributed by atoms with Crippen molar-refractivity contribution in [2.24, 2.45) is 0 Å². The van der Waals surface area contributed by atoms with Crippen LogP contribution in [0.4, 0.5) is 4.79 Å². The van der Waals surface area contributed by atoms with Gasteiger partial charge in [0.25, 0.3) is 0 Å². The van der Waals surface area contributed by atoms with Crippen LogP contribution in [0, 0.1) is 0 Å². The molecule has 0 saturated heterocycles. The van der Waals surface area contributed by atoms with Gasteiger partial charge in [0.05, 0.1) is 12.1 Å². The Morgan fingerprint density at radius 1 is 1.25 bits per heavy atom. The monoisotopic (exact) mass is 173 g/mol. The second kappa shape index (κ2) is 4.74. The van der Waals surface area contributed by atoms with Crippen molar-refractivity contribution in [3.05, 3.63) is 0 Å². The summed E-state index contributed by atoms with van der Waals surface area (Å²) in [6.07, 6.45) is -0.711. The first-order valence-electron chi connectivity index (χ1n) is 3.91. The highest BCUT2D eigenvalue weighted by molar-refractivity contribution is 5.84. The number of rotatable bonds is 3. The Kier molecular flexibility index (Phi) is 4.33. The van der Waals surface area contributed by atoms with Crippen molar-refractivity contribution >= 4 is 11.9 Å². The van der Waals surface area contributed by atoms with Crippen molar-refractivity contribution in [2.75, 3.05) is 0 Å². The molecular weight excluding hydrogens is 158 g/mol. The largest absolute Gasteiger partial charge is 0.447 e. The van der Waals surface area contributed by atoms with Crippen LogP contribution < -0.4 is 5.32 Å². The number of carbonyl (C=O) groups excluding carboxylic acids is 2. The third-order valence-electron chi connectivity index (χ3n) is 1.29. The predicted octanol–water partition coefficient (Wildman–Crippen LogP) is 1.10. The van der Waals surface area contributed by atoms with Crippen molar-refractivity contribution in [3.63, 3.8) is 0 Å². The third-order valence-corrected chi connectivity index (χ3v) is 1.29. The molecule has 1 unspecified atom stereocenters. The summed E-state index contributed by atoms with van der Waals surface area (Å²) in [5, 5.41) is 2.40. The lowest BCUT2D eigenvalue weighted by molar-refractivity contribution is -0.118. The second-order valence-electron chi connectivity index (χ2n) is 2.93. The molecule has 0 aromatic heterocycles. The lowest BCUT2D eigenvalue weighted by Crippen LogP contribution is -2.38. The van der Waals surface area contributed by atoms with Crippen molar-refractivity contribution in [1.29, 1.82) is 0 Å². The van der Waals surface area contributed by atoms with Crippen LogP contribution in [0.5, 0.6) is 0 Å². The van der Waals surface area contributed by atoms with E-state index in [9.17, 15) is 9.59 Å². The van der Waals surface area contributed by atoms with Gasteiger partial charge in [0.2, 0.25) is 0 Å². The van der Waals surface area contributed by atoms with Gasteiger partial charge in [-0.2, -0.15) is 0 Å². The van der Waals surface area contributed by atoms with Crippen LogP contribution in [0.3, 0.4) is 0 Å². The molecule has 1 atom stereocenters. The summed E-state index contributed by atoms with van der Waals surface area (Å²) < 4.78 is 4.77. The fourth-order valence-electron chi connectivity index (χ4n) is 0.527. The molecular formula is C8H15NO3. The molecule has 0 spiro atoms. The molecule has 0 aliphatic carbocycles. The average molecular weight is 173 g/mol. The number of nitrogens with one attached hydrogen (secondary N) is 1. The Labute approximate surface area is 72.3 Å². The van der Waals surface area contributed by atoms with Gasteiger partial charge in [-0.1, -0.05) is 0 Å². The van der Waals surface area contributed by atoms with Gasteiger partial charge in [-0.25, -0.2) is 4.79 Å². The SMILES string of the molecule is CC(=O)C(C)NC(=O)OC(C)C. The van der Waals surface area contributed by atoms with Gasteiger partial charge < -0.3 is 10.1 Å². The number of ether oxygens (including phenoxy) is 1. The molecule has 0 aromatic carbocycles. The number of hydrogen-bond acceptors (Lipinski definition) is 3. The average Bonchev–Trinajstić information content (AvgIpc) is 1.84. The van der Waals surface area contributed by atoms with Gasteiger partial charge in [0.15, 0.2) is 5.78 Å². The van der Waals surface area contributed by atoms with Crippen LogP contribution in [0.1, 0.15) is 27.7 Å². The van der Waals surface area contributed by atoms with Gasteiger partial charge in [0.1, 0.15) is 0 Å². The summed E-state index contributed by atoms with van der Waals surface area (Å²) in [7, 11) is 0. The summed E-state index contributed by atoms with van der Waals surface area (Å²) >= 11 is 0. The molecule has 1 amide bonds. The molecule has 0 heterocycles. The highest BCUT2D eigenvalue weighted by Crippen LogP contribution is 1.90. The molecule has 0 rings (SSSR count). The lowest BCUT2D eigenvalue weighted by Gasteiger charge is -2.12. The Morgan fingerprint density at radius 2 is 1.75 bits per heavy atom. The van der Waals surface area contributed by atoms with Crippen LogP contribution in [0.25, 0.3) is 0 Å². The number of alkyl carbamates (subject to hydrolysis) is 1. The van der Waals surface area contributed by atoms with E-state index < -0.39 is 12.1 Å². The van der Waals surface area contributed by atoms with Gasteiger partial charge >= 0.3 is 6.09 Å². The zero-order valence-corrected chi connectivity index (χ0v) is 7.88. The molecule has 0 aromatic rings. The van der Waals surface area contributed by atoms with Crippen LogP contribution in [-0.4, -0.2) is 24.0 Å². The van der Waals surface area contributed by atoms with Crippen molar-refractivity contribution in [1.82, 2.24) is 5.32 Å². The highest BCUT2D eigenvalue weighted by Gasteiger charge is 2.12. The maximum absolute atomic E-state index is 10.9. The Hall–Kier alpha value is -1.06. The summed E-state index contributed by atoms with van der Waals surface area (Å²) in [4.78, 5) is 21.6. The molecule has 0 bridgehead atoms. The minimum atomic E-state index is -0.548. The van der Waals surface area contributed by atoms with Crippen molar-refractivity contribution < 1.29 is 14.3 Å². The summed E-state index contributed by atoms with van der Waals surface area (Å²) in [6, 6.07) is -0.476. The Bertz CT molecular complexity index is 177. The van der Waals surface area contributed by atoms with Crippen LogP contribution >= 0.6 is 0 Å². The fourth-order valence-corrected chi connectivity index (χ4v) is 0.527. The van der Waals surface area contributed by atoms with Crippen LogP contribution in [0.15, 0.2) is 0 Å². The molecule has 4 heteroatoms.